The van der Waals surface area contributed by atoms with Crippen LogP contribution in [0.1, 0.15) is 39.9 Å². The van der Waals surface area contributed by atoms with E-state index in [0.29, 0.717) is 27.1 Å². The number of anilines is 2. The molecular formula is C20H19ClN2O4S. The number of rotatable bonds is 5. The van der Waals surface area contributed by atoms with Crippen LogP contribution >= 0.6 is 22.9 Å². The first-order chi connectivity index (χ1) is 13.3. The van der Waals surface area contributed by atoms with Crippen molar-refractivity contribution in [2.75, 3.05) is 4.90 Å². The van der Waals surface area contributed by atoms with Crippen molar-refractivity contribution in [3.8, 4) is 0 Å². The number of hydrogen-bond donors (Lipinski definition) is 0. The maximum Gasteiger partial charge on any atom is 0.374 e. The summed E-state index contributed by atoms with van der Waals surface area (Å²) < 4.78 is 10.4. The second-order valence-electron chi connectivity index (χ2n) is 6.40. The van der Waals surface area contributed by atoms with Gasteiger partial charge < -0.3 is 9.15 Å². The summed E-state index contributed by atoms with van der Waals surface area (Å²) in [5.74, 6) is -0.598. The largest absolute Gasteiger partial charge is 0.457 e. The molecular weight excluding hydrogens is 400 g/mol. The van der Waals surface area contributed by atoms with Crippen LogP contribution in [0.15, 0.2) is 34.3 Å². The molecule has 0 radical (unpaired) electrons. The molecule has 0 unspecified atom stereocenters. The van der Waals surface area contributed by atoms with Crippen molar-refractivity contribution in [1.82, 2.24) is 4.98 Å². The molecule has 2 aromatic heterocycles. The van der Waals surface area contributed by atoms with Crippen LogP contribution in [-0.4, -0.2) is 16.9 Å². The number of esters is 1. The van der Waals surface area contributed by atoms with Gasteiger partial charge in [-0.05, 0) is 44.0 Å². The van der Waals surface area contributed by atoms with Gasteiger partial charge in [0.05, 0.1) is 22.7 Å². The smallest absolute Gasteiger partial charge is 0.374 e. The molecule has 0 fully saturated rings. The Morgan fingerprint density at radius 2 is 2.00 bits per heavy atom. The maximum absolute atomic E-state index is 12.3. The minimum absolute atomic E-state index is 0.0260. The molecule has 0 atom stereocenters. The normalized spacial score (nSPS) is 10.8. The molecule has 1 aromatic carbocycles. The Bertz CT molecular complexity index is 1020. The average molecular weight is 419 g/mol. The molecule has 0 aliphatic rings. The summed E-state index contributed by atoms with van der Waals surface area (Å²) in [4.78, 5) is 30.3. The van der Waals surface area contributed by atoms with E-state index in [-0.39, 0.29) is 18.3 Å². The molecule has 28 heavy (non-hydrogen) atoms. The van der Waals surface area contributed by atoms with E-state index in [9.17, 15) is 9.59 Å². The number of thiazole rings is 1. The summed E-state index contributed by atoms with van der Waals surface area (Å²) >= 11 is 7.68. The highest BCUT2D eigenvalue weighted by Gasteiger charge is 2.23. The molecule has 3 rings (SSSR count). The summed E-state index contributed by atoms with van der Waals surface area (Å²) in [6, 6.07) is 5.46. The highest BCUT2D eigenvalue weighted by molar-refractivity contribution is 7.14. The lowest BCUT2D eigenvalue weighted by Gasteiger charge is -2.22. The fourth-order valence-electron chi connectivity index (χ4n) is 2.83. The Kier molecular flexibility index (Phi) is 5.86. The lowest BCUT2D eigenvalue weighted by atomic mass is 10.1. The van der Waals surface area contributed by atoms with Crippen molar-refractivity contribution in [2.45, 2.75) is 34.3 Å². The van der Waals surface area contributed by atoms with E-state index in [2.05, 4.69) is 4.98 Å². The Labute approximate surface area is 171 Å². The van der Waals surface area contributed by atoms with Gasteiger partial charge in [-0.15, -0.1) is 11.3 Å². The predicted octanol–water partition coefficient (Wildman–Crippen LogP) is 5.36. The van der Waals surface area contributed by atoms with Gasteiger partial charge in [0, 0.05) is 17.9 Å². The molecule has 0 aliphatic heterocycles. The minimum atomic E-state index is -0.558. The number of amides is 1. The lowest BCUT2D eigenvalue weighted by Crippen LogP contribution is -2.24. The third kappa shape index (κ3) is 4.10. The molecule has 0 aliphatic carbocycles. The summed E-state index contributed by atoms with van der Waals surface area (Å²) in [5.41, 5.74) is 3.72. The van der Waals surface area contributed by atoms with Gasteiger partial charge in [0.25, 0.3) is 0 Å². The van der Waals surface area contributed by atoms with Crippen LogP contribution in [0.25, 0.3) is 0 Å². The van der Waals surface area contributed by atoms with Crippen molar-refractivity contribution >= 4 is 45.6 Å². The zero-order chi connectivity index (χ0) is 20.4. The zero-order valence-corrected chi connectivity index (χ0v) is 17.5. The molecule has 0 bridgehead atoms. The fraction of sp³-hybridized carbons (Fsp3) is 0.250. The summed E-state index contributed by atoms with van der Waals surface area (Å²) in [5, 5.41) is 2.68. The zero-order valence-electron chi connectivity index (χ0n) is 15.9. The van der Waals surface area contributed by atoms with E-state index in [4.69, 9.17) is 20.8 Å². The number of furan rings is 1. The van der Waals surface area contributed by atoms with Crippen molar-refractivity contribution in [3.63, 3.8) is 0 Å². The van der Waals surface area contributed by atoms with E-state index in [0.717, 1.165) is 11.1 Å². The minimum Gasteiger partial charge on any atom is -0.457 e. The molecule has 0 spiro atoms. The van der Waals surface area contributed by atoms with Crippen LogP contribution < -0.4 is 4.90 Å². The number of halogens is 1. The molecule has 0 saturated carbocycles. The Morgan fingerprint density at radius 3 is 2.61 bits per heavy atom. The van der Waals surface area contributed by atoms with Crippen LogP contribution in [0.3, 0.4) is 0 Å². The molecule has 2 heterocycles. The highest BCUT2D eigenvalue weighted by atomic mass is 35.5. The van der Waals surface area contributed by atoms with E-state index in [1.165, 1.54) is 29.4 Å². The van der Waals surface area contributed by atoms with Crippen molar-refractivity contribution < 1.29 is 18.7 Å². The third-order valence-electron chi connectivity index (χ3n) is 4.07. The van der Waals surface area contributed by atoms with Crippen molar-refractivity contribution in [2.24, 2.45) is 0 Å². The van der Waals surface area contributed by atoms with Gasteiger partial charge >= 0.3 is 5.97 Å². The van der Waals surface area contributed by atoms with Crippen LogP contribution in [0.5, 0.6) is 0 Å². The quantitative estimate of drug-likeness (QED) is 0.522. The molecule has 0 saturated heterocycles. The Balaban J connectivity index is 1.82. The van der Waals surface area contributed by atoms with Gasteiger partial charge in [0.2, 0.25) is 11.7 Å². The second kappa shape index (κ2) is 8.16. The number of carbonyl (C=O) groups excluding carboxylic acids is 2. The van der Waals surface area contributed by atoms with E-state index in [1.807, 2.05) is 26.0 Å². The summed E-state index contributed by atoms with van der Waals surface area (Å²) in [7, 11) is 0. The van der Waals surface area contributed by atoms with Gasteiger partial charge in [-0.1, -0.05) is 17.7 Å². The fourth-order valence-corrected chi connectivity index (χ4v) is 4.09. The van der Waals surface area contributed by atoms with Crippen molar-refractivity contribution in [3.05, 3.63) is 63.0 Å². The first-order valence-corrected chi connectivity index (χ1v) is 9.76. The second-order valence-corrected chi connectivity index (χ2v) is 7.64. The number of benzene rings is 1. The Morgan fingerprint density at radius 1 is 1.25 bits per heavy atom. The average Bonchev–Trinajstić information content (AvgIpc) is 3.24. The summed E-state index contributed by atoms with van der Waals surface area (Å²) in [6.07, 6.45) is 1.44. The number of ether oxygens (including phenoxy) is 1. The van der Waals surface area contributed by atoms with E-state index < -0.39 is 5.97 Å². The highest BCUT2D eigenvalue weighted by Crippen LogP contribution is 2.37. The predicted molar refractivity (Wildman–Crippen MR) is 108 cm³/mol. The Hall–Kier alpha value is -2.64. The number of hydrogen-bond acceptors (Lipinski definition) is 6. The number of aryl methyl sites for hydroxylation is 3. The number of carbonyl (C=O) groups is 2. The van der Waals surface area contributed by atoms with Gasteiger partial charge in [0.1, 0.15) is 6.61 Å². The molecule has 6 nitrogen and oxygen atoms in total. The maximum atomic E-state index is 12.3. The van der Waals surface area contributed by atoms with Gasteiger partial charge in [-0.2, -0.15) is 0 Å². The topological polar surface area (TPSA) is 72.6 Å². The summed E-state index contributed by atoms with van der Waals surface area (Å²) in [6.45, 7) is 7.03. The molecule has 3 aromatic rings. The van der Waals surface area contributed by atoms with E-state index >= 15 is 0 Å². The molecule has 146 valence electrons. The first kappa shape index (κ1) is 20.1. The van der Waals surface area contributed by atoms with Crippen LogP contribution in [0.2, 0.25) is 5.02 Å². The van der Waals surface area contributed by atoms with Crippen molar-refractivity contribution in [1.29, 1.82) is 0 Å². The number of nitrogens with zero attached hydrogens (tertiary/aromatic N) is 2. The van der Waals surface area contributed by atoms with Gasteiger partial charge in [-0.25, -0.2) is 9.78 Å². The third-order valence-corrected chi connectivity index (χ3v) is 5.23. The standard InChI is InChI=1S/C20H19ClN2O4S/c1-11-7-13(3)17(16(21)8-11)23(14(4)24)20-22-15(10-28-20)9-27-19(25)18-12(2)5-6-26-18/h5-8,10H,9H2,1-4H3. The van der Waals surface area contributed by atoms with Gasteiger partial charge in [0.15, 0.2) is 5.13 Å². The molecule has 1 amide bonds. The van der Waals surface area contributed by atoms with Crippen LogP contribution in [0, 0.1) is 20.8 Å². The van der Waals surface area contributed by atoms with Crippen LogP contribution in [0.4, 0.5) is 10.8 Å². The van der Waals surface area contributed by atoms with E-state index in [1.54, 1.807) is 18.4 Å². The van der Waals surface area contributed by atoms with Crippen LogP contribution in [-0.2, 0) is 16.1 Å². The number of aromatic nitrogens is 1. The first-order valence-electron chi connectivity index (χ1n) is 8.51. The lowest BCUT2D eigenvalue weighted by molar-refractivity contribution is -0.115. The SMILES string of the molecule is CC(=O)N(c1nc(COC(=O)c2occc2C)cs1)c1c(C)cc(C)cc1Cl. The molecule has 8 heteroatoms. The molecule has 0 N–H and O–H groups in total. The van der Waals surface area contributed by atoms with Gasteiger partial charge in [-0.3, -0.25) is 9.69 Å². The monoisotopic (exact) mass is 418 g/mol.